The van der Waals surface area contributed by atoms with Crippen molar-refractivity contribution >= 4 is 17.6 Å². The lowest BCUT2D eigenvalue weighted by molar-refractivity contribution is -0.120. The van der Waals surface area contributed by atoms with E-state index >= 15 is 0 Å². The fourth-order valence-corrected chi connectivity index (χ4v) is 2.79. The molecule has 0 radical (unpaired) electrons. The normalized spacial score (nSPS) is 16.5. The van der Waals surface area contributed by atoms with Crippen LogP contribution in [0.4, 0.5) is 14.9 Å². The fraction of sp³-hybridized carbons (Fsp3) is 0.176. The Balaban J connectivity index is 1.95. The zero-order valence-electron chi connectivity index (χ0n) is 13.0. The van der Waals surface area contributed by atoms with Crippen molar-refractivity contribution in [1.29, 1.82) is 0 Å². The molecule has 0 fully saturated rings. The van der Waals surface area contributed by atoms with Crippen molar-refractivity contribution < 1.29 is 18.7 Å². The molecule has 3 N–H and O–H groups in total. The molecule has 0 aromatic heterocycles. The van der Waals surface area contributed by atoms with Crippen LogP contribution in [0.25, 0.3) is 0 Å². The van der Waals surface area contributed by atoms with Crippen LogP contribution in [-0.2, 0) is 11.2 Å². The van der Waals surface area contributed by atoms with Crippen LogP contribution < -0.4 is 20.7 Å². The molecule has 1 aliphatic rings. The van der Waals surface area contributed by atoms with Gasteiger partial charge in [-0.2, -0.15) is 0 Å². The van der Waals surface area contributed by atoms with Gasteiger partial charge in [-0.25, -0.2) is 9.18 Å². The van der Waals surface area contributed by atoms with Crippen molar-refractivity contribution in [1.82, 2.24) is 5.32 Å². The Hall–Kier alpha value is -3.09. The van der Waals surface area contributed by atoms with Crippen LogP contribution >= 0.6 is 0 Å². The Bertz CT molecular complexity index is 809. The average molecular weight is 329 g/mol. The molecule has 1 aliphatic heterocycles. The first kappa shape index (κ1) is 15.8. The standard InChI is InChI=1S/C17H16FN3O3/c1-21-15-10(8-13(16(21)22)20-17(19)23)4-2-7-14(15)24-12-6-3-5-11(18)9-12/h2-7,9,13H,8H2,1H3,(H3,19,20,23). The second kappa shape index (κ2) is 6.19. The van der Waals surface area contributed by atoms with Crippen LogP contribution in [0.15, 0.2) is 42.5 Å². The Morgan fingerprint density at radius 1 is 1.33 bits per heavy atom. The molecule has 0 saturated carbocycles. The molecule has 0 spiro atoms. The molecule has 7 heteroatoms. The number of carbonyl (C=O) groups excluding carboxylic acids is 2. The second-order valence-electron chi connectivity index (χ2n) is 5.49. The summed E-state index contributed by atoms with van der Waals surface area (Å²) in [5, 5.41) is 2.44. The Kier molecular flexibility index (Phi) is 4.07. The molecule has 0 saturated heterocycles. The first-order valence-corrected chi connectivity index (χ1v) is 7.34. The third-order valence-electron chi connectivity index (χ3n) is 3.81. The van der Waals surface area contributed by atoms with Gasteiger partial charge in [0.05, 0.1) is 5.69 Å². The molecule has 1 heterocycles. The number of hydrogen-bond acceptors (Lipinski definition) is 3. The first-order valence-electron chi connectivity index (χ1n) is 7.34. The van der Waals surface area contributed by atoms with Crippen molar-refractivity contribution in [3.63, 3.8) is 0 Å². The predicted octanol–water partition coefficient (Wildman–Crippen LogP) is 2.17. The van der Waals surface area contributed by atoms with E-state index in [-0.39, 0.29) is 5.91 Å². The minimum Gasteiger partial charge on any atom is -0.455 e. The molecule has 6 nitrogen and oxygen atoms in total. The number of primary amides is 1. The largest absolute Gasteiger partial charge is 0.455 e. The lowest BCUT2D eigenvalue weighted by Crippen LogP contribution is -2.53. The summed E-state index contributed by atoms with van der Waals surface area (Å²) in [7, 11) is 1.59. The molecule has 1 unspecified atom stereocenters. The number of benzene rings is 2. The summed E-state index contributed by atoms with van der Waals surface area (Å²) >= 11 is 0. The van der Waals surface area contributed by atoms with E-state index in [0.29, 0.717) is 23.6 Å². The van der Waals surface area contributed by atoms with E-state index in [9.17, 15) is 14.0 Å². The molecule has 124 valence electrons. The van der Waals surface area contributed by atoms with Gasteiger partial charge in [0.25, 0.3) is 0 Å². The Labute approximate surface area is 138 Å². The van der Waals surface area contributed by atoms with Gasteiger partial charge in [-0.3, -0.25) is 4.79 Å². The number of nitrogens with zero attached hydrogens (tertiary/aromatic N) is 1. The topological polar surface area (TPSA) is 84.7 Å². The van der Waals surface area contributed by atoms with E-state index in [0.717, 1.165) is 5.56 Å². The lowest BCUT2D eigenvalue weighted by Gasteiger charge is -2.32. The lowest BCUT2D eigenvalue weighted by atomic mass is 9.97. The average Bonchev–Trinajstić information content (AvgIpc) is 2.52. The number of amides is 3. The van der Waals surface area contributed by atoms with Gasteiger partial charge in [-0.1, -0.05) is 18.2 Å². The van der Waals surface area contributed by atoms with E-state index in [4.69, 9.17) is 10.5 Å². The number of halogens is 1. The van der Waals surface area contributed by atoms with Crippen molar-refractivity contribution in [3.05, 3.63) is 53.8 Å². The number of nitrogens with one attached hydrogen (secondary N) is 1. The number of likely N-dealkylation sites (N-methyl/N-ethyl adjacent to an activating group) is 1. The van der Waals surface area contributed by atoms with Crippen molar-refractivity contribution in [2.45, 2.75) is 12.5 Å². The monoisotopic (exact) mass is 329 g/mol. The van der Waals surface area contributed by atoms with Gasteiger partial charge in [0.15, 0.2) is 5.75 Å². The molecular weight excluding hydrogens is 313 g/mol. The number of anilines is 1. The smallest absolute Gasteiger partial charge is 0.312 e. The summed E-state index contributed by atoms with van der Waals surface area (Å²) in [4.78, 5) is 24.9. The highest BCUT2D eigenvalue weighted by Crippen LogP contribution is 2.38. The quantitative estimate of drug-likeness (QED) is 0.905. The maximum atomic E-state index is 13.3. The molecule has 24 heavy (non-hydrogen) atoms. The van der Waals surface area contributed by atoms with Gasteiger partial charge < -0.3 is 20.7 Å². The summed E-state index contributed by atoms with van der Waals surface area (Å²) in [6, 6.07) is 9.61. The molecule has 1 atom stereocenters. The zero-order chi connectivity index (χ0) is 17.3. The molecular formula is C17H16FN3O3. The minimum absolute atomic E-state index is 0.295. The number of rotatable bonds is 3. The summed E-state index contributed by atoms with van der Waals surface area (Å²) in [6.45, 7) is 0. The number of hydrogen-bond donors (Lipinski definition) is 2. The van der Waals surface area contributed by atoms with E-state index in [1.165, 1.54) is 17.0 Å². The van der Waals surface area contributed by atoms with E-state index in [1.54, 1.807) is 31.3 Å². The van der Waals surface area contributed by atoms with Crippen molar-refractivity contribution in [3.8, 4) is 11.5 Å². The summed E-state index contributed by atoms with van der Waals surface area (Å²) in [6.07, 6.45) is 0.307. The van der Waals surface area contributed by atoms with Gasteiger partial charge in [-0.15, -0.1) is 0 Å². The van der Waals surface area contributed by atoms with Crippen LogP contribution in [0.3, 0.4) is 0 Å². The number of ether oxygens (including phenoxy) is 1. The van der Waals surface area contributed by atoms with Gasteiger partial charge in [0.1, 0.15) is 17.6 Å². The zero-order valence-corrected chi connectivity index (χ0v) is 13.0. The molecule has 2 aromatic rings. The number of carbonyl (C=O) groups is 2. The predicted molar refractivity (Wildman–Crippen MR) is 86.5 cm³/mol. The number of fused-ring (bicyclic) bond motifs is 1. The fourth-order valence-electron chi connectivity index (χ4n) is 2.79. The number of urea groups is 1. The number of para-hydroxylation sites is 1. The number of nitrogens with two attached hydrogens (primary N) is 1. The van der Waals surface area contributed by atoms with Gasteiger partial charge in [0, 0.05) is 19.5 Å². The summed E-state index contributed by atoms with van der Waals surface area (Å²) < 4.78 is 19.1. The Morgan fingerprint density at radius 3 is 2.79 bits per heavy atom. The van der Waals surface area contributed by atoms with Crippen molar-refractivity contribution in [2.24, 2.45) is 5.73 Å². The maximum Gasteiger partial charge on any atom is 0.312 e. The Morgan fingerprint density at radius 2 is 2.08 bits per heavy atom. The van der Waals surface area contributed by atoms with Crippen LogP contribution in [0.2, 0.25) is 0 Å². The van der Waals surface area contributed by atoms with Gasteiger partial charge >= 0.3 is 6.03 Å². The van der Waals surface area contributed by atoms with Crippen molar-refractivity contribution in [2.75, 3.05) is 11.9 Å². The third kappa shape index (κ3) is 3.01. The second-order valence-corrected chi connectivity index (χ2v) is 5.49. The summed E-state index contributed by atoms with van der Waals surface area (Å²) in [5.41, 5.74) is 6.53. The molecule has 0 aliphatic carbocycles. The highest BCUT2D eigenvalue weighted by molar-refractivity contribution is 6.02. The SMILES string of the molecule is CN1C(=O)C(NC(N)=O)Cc2cccc(Oc3cccc(F)c3)c21. The van der Waals surface area contributed by atoms with Gasteiger partial charge in [0.2, 0.25) is 5.91 Å². The van der Waals surface area contributed by atoms with Crippen LogP contribution in [0, 0.1) is 5.82 Å². The molecule has 3 amide bonds. The third-order valence-corrected chi connectivity index (χ3v) is 3.81. The highest BCUT2D eigenvalue weighted by Gasteiger charge is 2.33. The maximum absolute atomic E-state index is 13.3. The van der Waals surface area contributed by atoms with E-state index < -0.39 is 17.9 Å². The van der Waals surface area contributed by atoms with E-state index in [2.05, 4.69) is 5.32 Å². The highest BCUT2D eigenvalue weighted by atomic mass is 19.1. The molecule has 3 rings (SSSR count). The van der Waals surface area contributed by atoms with E-state index in [1.807, 2.05) is 6.07 Å². The van der Waals surface area contributed by atoms with Gasteiger partial charge in [-0.05, 0) is 23.8 Å². The minimum atomic E-state index is -0.752. The van der Waals surface area contributed by atoms with Crippen LogP contribution in [0.5, 0.6) is 11.5 Å². The molecule has 2 aromatic carbocycles. The first-order chi connectivity index (χ1) is 11.5. The molecule has 0 bridgehead atoms. The van der Waals surface area contributed by atoms with Crippen LogP contribution in [0.1, 0.15) is 5.56 Å². The summed E-state index contributed by atoms with van der Waals surface area (Å²) in [5.74, 6) is 0.0668. The van der Waals surface area contributed by atoms with Crippen LogP contribution in [-0.4, -0.2) is 25.0 Å².